The molecule has 0 amide bonds. The number of carbonyl (C=O) groups excluding carboxylic acids is 1. The third-order valence-electron chi connectivity index (χ3n) is 4.04. The second-order valence-electron chi connectivity index (χ2n) is 8.92. The van der Waals surface area contributed by atoms with Crippen molar-refractivity contribution in [3.05, 3.63) is 12.2 Å². The highest BCUT2D eigenvalue weighted by Gasteiger charge is 2.39. The summed E-state index contributed by atoms with van der Waals surface area (Å²) in [4.78, 5) is 11.7. The van der Waals surface area contributed by atoms with Gasteiger partial charge in [-0.25, -0.2) is 4.79 Å². The quantitative estimate of drug-likeness (QED) is 0.362. The van der Waals surface area contributed by atoms with Crippen molar-refractivity contribution >= 4 is 13.8 Å². The summed E-state index contributed by atoms with van der Waals surface area (Å²) >= 11 is 0. The molecule has 0 aromatic carbocycles. The molecular formula is C19H35BO4. The largest absolute Gasteiger partial charge is 0.454 e. The topological polar surface area (TPSA) is 44.8 Å². The van der Waals surface area contributed by atoms with Gasteiger partial charge in [-0.05, 0) is 60.3 Å². The summed E-state index contributed by atoms with van der Waals surface area (Å²) < 4.78 is 17.1. The lowest BCUT2D eigenvalue weighted by molar-refractivity contribution is -0.166. The van der Waals surface area contributed by atoms with E-state index >= 15 is 0 Å². The number of carbonyl (C=O) groups is 1. The molecule has 5 heteroatoms. The molecule has 0 spiro atoms. The van der Waals surface area contributed by atoms with E-state index in [1.807, 2.05) is 41.5 Å². The number of rotatable bonds is 9. The summed E-state index contributed by atoms with van der Waals surface area (Å²) in [6, 6.07) is 0. The number of hydrogen-bond donors (Lipinski definition) is 0. The van der Waals surface area contributed by atoms with Crippen LogP contribution in [0, 0.1) is 5.41 Å². The molecule has 0 aromatic heterocycles. The predicted molar refractivity (Wildman–Crippen MR) is 99.2 cm³/mol. The Morgan fingerprint density at radius 3 is 1.92 bits per heavy atom. The van der Waals surface area contributed by atoms with Gasteiger partial charge in [-0.1, -0.05) is 20.4 Å². The third kappa shape index (κ3) is 8.34. The zero-order valence-electron chi connectivity index (χ0n) is 17.0. The lowest BCUT2D eigenvalue weighted by Gasteiger charge is -2.44. The number of esters is 1. The first kappa shape index (κ1) is 23.2. The average Bonchev–Trinajstić information content (AvgIpc) is 2.34. The van der Waals surface area contributed by atoms with Gasteiger partial charge in [0.05, 0.1) is 12.2 Å². The van der Waals surface area contributed by atoms with Gasteiger partial charge in [-0.2, -0.15) is 0 Å². The van der Waals surface area contributed by atoms with Crippen molar-refractivity contribution in [1.29, 1.82) is 0 Å². The van der Waals surface area contributed by atoms with Crippen molar-refractivity contribution in [2.75, 3.05) is 13.2 Å². The second-order valence-corrected chi connectivity index (χ2v) is 8.92. The maximum Gasteiger partial charge on any atom is 0.333 e. The first-order valence-electron chi connectivity index (χ1n) is 8.45. The molecule has 0 bridgehead atoms. The van der Waals surface area contributed by atoms with Gasteiger partial charge in [-0.3, -0.25) is 0 Å². The Kier molecular flexibility index (Phi) is 7.78. The van der Waals surface area contributed by atoms with Crippen LogP contribution in [0.15, 0.2) is 12.2 Å². The summed E-state index contributed by atoms with van der Waals surface area (Å²) in [5, 5.41) is 0. The molecule has 0 N–H and O–H groups in total. The highest BCUT2D eigenvalue weighted by atomic mass is 16.6. The number of hydrogen-bond acceptors (Lipinski definition) is 4. The van der Waals surface area contributed by atoms with Crippen LogP contribution in [0.1, 0.15) is 68.7 Å². The van der Waals surface area contributed by atoms with Crippen molar-refractivity contribution < 1.29 is 19.0 Å². The van der Waals surface area contributed by atoms with Gasteiger partial charge < -0.3 is 14.2 Å². The van der Waals surface area contributed by atoms with E-state index in [-0.39, 0.29) is 17.6 Å². The maximum atomic E-state index is 11.7. The minimum atomic E-state index is -0.888. The molecule has 0 rings (SSSR count). The third-order valence-corrected chi connectivity index (χ3v) is 4.04. The van der Waals surface area contributed by atoms with Gasteiger partial charge in [0.1, 0.15) is 13.4 Å². The van der Waals surface area contributed by atoms with Crippen LogP contribution in [0.25, 0.3) is 0 Å². The summed E-state index contributed by atoms with van der Waals surface area (Å²) in [6.45, 7) is 21.6. The normalized spacial score (nSPS) is 15.7. The molecule has 0 fully saturated rings. The Morgan fingerprint density at radius 1 is 1.00 bits per heavy atom. The van der Waals surface area contributed by atoms with E-state index in [1.165, 1.54) is 0 Å². The van der Waals surface area contributed by atoms with Crippen molar-refractivity contribution in [3.63, 3.8) is 0 Å². The molecule has 0 aromatic rings. The average molecular weight is 338 g/mol. The van der Waals surface area contributed by atoms with Crippen LogP contribution in [0.5, 0.6) is 0 Å². The van der Waals surface area contributed by atoms with E-state index in [9.17, 15) is 4.79 Å². The highest BCUT2D eigenvalue weighted by Crippen LogP contribution is 2.36. The predicted octanol–water partition coefficient (Wildman–Crippen LogP) is 4.02. The molecule has 0 aliphatic heterocycles. The minimum absolute atomic E-state index is 0.180. The zero-order valence-corrected chi connectivity index (χ0v) is 17.0. The Morgan fingerprint density at radius 2 is 1.50 bits per heavy atom. The van der Waals surface area contributed by atoms with Gasteiger partial charge in [0.2, 0.25) is 0 Å². The van der Waals surface area contributed by atoms with E-state index in [1.54, 1.807) is 20.8 Å². The van der Waals surface area contributed by atoms with E-state index in [4.69, 9.17) is 22.1 Å². The summed E-state index contributed by atoms with van der Waals surface area (Å²) in [5.41, 5.74) is -1.80. The van der Waals surface area contributed by atoms with Crippen LogP contribution in [0.4, 0.5) is 0 Å². The van der Waals surface area contributed by atoms with E-state index in [0.29, 0.717) is 12.2 Å². The van der Waals surface area contributed by atoms with Crippen LogP contribution >= 0.6 is 0 Å². The van der Waals surface area contributed by atoms with Crippen molar-refractivity contribution in [1.82, 2.24) is 0 Å². The fraction of sp³-hybridized carbons (Fsp3) is 0.842. The highest BCUT2D eigenvalue weighted by molar-refractivity contribution is 6.14. The molecule has 1 atom stereocenters. The van der Waals surface area contributed by atoms with Crippen LogP contribution < -0.4 is 0 Å². The Hall–Kier alpha value is -0.805. The smallest absolute Gasteiger partial charge is 0.333 e. The fourth-order valence-corrected chi connectivity index (χ4v) is 1.75. The van der Waals surface area contributed by atoms with Gasteiger partial charge in [-0.15, -0.1) is 0 Å². The summed E-state index contributed by atoms with van der Waals surface area (Å²) in [6.07, 6.45) is 0.753. The van der Waals surface area contributed by atoms with Crippen LogP contribution in [-0.2, 0) is 19.0 Å². The molecule has 2 radical (unpaired) electrons. The van der Waals surface area contributed by atoms with E-state index in [0.717, 1.165) is 6.42 Å². The van der Waals surface area contributed by atoms with Gasteiger partial charge >= 0.3 is 5.97 Å². The molecule has 1 unspecified atom stereocenters. The first-order chi connectivity index (χ1) is 10.5. The van der Waals surface area contributed by atoms with Crippen LogP contribution in [0.2, 0.25) is 0 Å². The van der Waals surface area contributed by atoms with Crippen molar-refractivity contribution in [2.45, 2.75) is 85.4 Å². The number of ether oxygens (including phenoxy) is 3. The van der Waals surface area contributed by atoms with Crippen molar-refractivity contribution in [2.24, 2.45) is 5.41 Å². The molecule has 0 aliphatic rings. The lowest BCUT2D eigenvalue weighted by atomic mass is 9.62. The second kappa shape index (κ2) is 8.05. The molecule has 0 heterocycles. The van der Waals surface area contributed by atoms with Gasteiger partial charge in [0, 0.05) is 17.7 Å². The molecular weight excluding hydrogens is 303 g/mol. The Bertz CT molecular complexity index is 445. The first-order valence-corrected chi connectivity index (χ1v) is 8.45. The summed E-state index contributed by atoms with van der Waals surface area (Å²) in [5.74, 6) is -0.430. The fourth-order valence-electron chi connectivity index (χ4n) is 1.75. The van der Waals surface area contributed by atoms with E-state index < -0.39 is 17.1 Å². The standard InChI is InChI=1S/C19H35BO4/c1-14(2)15(21)24-18(8,9)13-23-19(10,20)17(6,7)11-12-22-16(3,4)5/h1,11-13H2,2-10H3. The Labute approximate surface area is 149 Å². The molecule has 0 aliphatic carbocycles. The molecule has 24 heavy (non-hydrogen) atoms. The van der Waals surface area contributed by atoms with Crippen LogP contribution in [-0.4, -0.2) is 43.7 Å². The van der Waals surface area contributed by atoms with Gasteiger partial charge in [0.15, 0.2) is 0 Å². The SMILES string of the molecule is [B]C(C)(OCC(C)(C)OC(=O)C(=C)C)C(C)(C)CCOC(C)(C)C. The molecule has 0 saturated heterocycles. The Balaban J connectivity index is 4.69. The minimum Gasteiger partial charge on any atom is -0.454 e. The van der Waals surface area contributed by atoms with Crippen molar-refractivity contribution in [3.8, 4) is 0 Å². The molecule has 4 nitrogen and oxygen atoms in total. The lowest BCUT2D eigenvalue weighted by Crippen LogP contribution is -2.49. The molecule has 0 saturated carbocycles. The summed E-state index contributed by atoms with van der Waals surface area (Å²) in [7, 11) is 6.41. The van der Waals surface area contributed by atoms with Crippen LogP contribution in [0.3, 0.4) is 0 Å². The molecule has 138 valence electrons. The zero-order chi connectivity index (χ0) is 19.4. The monoisotopic (exact) mass is 338 g/mol. The van der Waals surface area contributed by atoms with E-state index in [2.05, 4.69) is 6.58 Å². The maximum absolute atomic E-state index is 11.7. The van der Waals surface area contributed by atoms with Gasteiger partial charge in [0.25, 0.3) is 0 Å².